The summed E-state index contributed by atoms with van der Waals surface area (Å²) in [5.74, 6) is -0.182. The molecule has 0 aliphatic heterocycles. The predicted molar refractivity (Wildman–Crippen MR) is 112 cm³/mol. The Kier molecular flexibility index (Phi) is 6.87. The molecule has 1 atom stereocenters. The number of benzene rings is 2. The van der Waals surface area contributed by atoms with E-state index >= 15 is 0 Å². The van der Waals surface area contributed by atoms with E-state index in [2.05, 4.69) is 4.99 Å². The highest BCUT2D eigenvalue weighted by Gasteiger charge is 2.28. The SMILES string of the molecule is O=C(c1ccc(Cl)cc1)C(C([S-])=NCc1ccccc1)[n+]1cccc(CO)c1. The van der Waals surface area contributed by atoms with Crippen LogP contribution in [0.1, 0.15) is 27.5 Å². The molecule has 0 spiro atoms. The molecule has 0 bridgehead atoms. The van der Waals surface area contributed by atoms with E-state index in [4.69, 9.17) is 24.2 Å². The van der Waals surface area contributed by atoms with Gasteiger partial charge in [0.25, 0.3) is 0 Å². The molecule has 0 saturated heterocycles. The van der Waals surface area contributed by atoms with Crippen LogP contribution in [0, 0.1) is 0 Å². The smallest absolute Gasteiger partial charge is 0.237 e. The maximum atomic E-state index is 13.2. The van der Waals surface area contributed by atoms with Crippen LogP contribution in [-0.2, 0) is 25.8 Å². The molecule has 1 N–H and O–H groups in total. The molecule has 0 fully saturated rings. The molecule has 1 aromatic heterocycles. The van der Waals surface area contributed by atoms with Crippen molar-refractivity contribution < 1.29 is 14.5 Å². The molecule has 3 rings (SSSR count). The molecule has 0 amide bonds. The number of aromatic nitrogens is 1. The van der Waals surface area contributed by atoms with E-state index in [1.165, 1.54) is 0 Å². The second kappa shape index (κ2) is 9.55. The molecule has 142 valence electrons. The van der Waals surface area contributed by atoms with Gasteiger partial charge in [0.15, 0.2) is 12.4 Å². The number of hydrogen-bond acceptors (Lipinski definition) is 4. The number of ketones is 1. The predicted octanol–water partition coefficient (Wildman–Crippen LogP) is 3.69. The van der Waals surface area contributed by atoms with Crippen molar-refractivity contribution in [2.75, 3.05) is 0 Å². The highest BCUT2D eigenvalue weighted by Crippen LogP contribution is 2.16. The first-order valence-corrected chi connectivity index (χ1v) is 9.52. The van der Waals surface area contributed by atoms with E-state index in [0.29, 0.717) is 22.7 Å². The summed E-state index contributed by atoms with van der Waals surface area (Å²) in [7, 11) is 0. The largest absolute Gasteiger partial charge is 0.758 e. The number of hydrogen-bond donors (Lipinski definition) is 1. The molecule has 3 aromatic rings. The number of carbonyl (C=O) groups excluding carboxylic acids is 1. The van der Waals surface area contributed by atoms with Gasteiger partial charge in [0.1, 0.15) is 0 Å². The Labute approximate surface area is 174 Å². The van der Waals surface area contributed by atoms with Crippen molar-refractivity contribution in [3.63, 3.8) is 0 Å². The Morgan fingerprint density at radius 3 is 2.39 bits per heavy atom. The number of aliphatic hydroxyl groups excluding tert-OH is 1. The Morgan fingerprint density at radius 1 is 1.04 bits per heavy atom. The average Bonchev–Trinajstić information content (AvgIpc) is 2.74. The van der Waals surface area contributed by atoms with Crippen molar-refractivity contribution in [2.45, 2.75) is 19.2 Å². The summed E-state index contributed by atoms with van der Waals surface area (Å²) in [6.07, 6.45) is 3.46. The average molecular weight is 411 g/mol. The first kappa shape index (κ1) is 20.1. The molecule has 0 aliphatic rings. The van der Waals surface area contributed by atoms with Gasteiger partial charge in [0, 0.05) is 22.2 Å². The summed E-state index contributed by atoms with van der Waals surface area (Å²) in [5, 5.41) is 10.3. The fraction of sp³-hybridized carbons (Fsp3) is 0.136. The summed E-state index contributed by atoms with van der Waals surface area (Å²) in [5.41, 5.74) is 2.19. The molecular formula is C22H19ClN2O2S. The monoisotopic (exact) mass is 410 g/mol. The van der Waals surface area contributed by atoms with Gasteiger partial charge in [0.05, 0.1) is 13.2 Å². The lowest BCUT2D eigenvalue weighted by molar-refractivity contribution is -0.692. The summed E-state index contributed by atoms with van der Waals surface area (Å²) in [4.78, 5) is 17.7. The highest BCUT2D eigenvalue weighted by atomic mass is 35.5. The number of carbonyl (C=O) groups is 1. The van der Waals surface area contributed by atoms with E-state index in [0.717, 1.165) is 5.56 Å². The minimum absolute atomic E-state index is 0.128. The van der Waals surface area contributed by atoms with E-state index in [9.17, 15) is 9.90 Å². The summed E-state index contributed by atoms with van der Waals surface area (Å²) in [6.45, 7) is 0.265. The lowest BCUT2D eigenvalue weighted by Crippen LogP contribution is -2.48. The number of nitrogens with zero attached hydrogens (tertiary/aromatic N) is 2. The van der Waals surface area contributed by atoms with Crippen LogP contribution in [0.15, 0.2) is 84.1 Å². The number of Topliss-reactive ketones (excluding diaryl/α,β-unsaturated/α-hetero) is 1. The van der Waals surface area contributed by atoms with E-state index in [1.54, 1.807) is 53.4 Å². The molecule has 2 aromatic carbocycles. The van der Waals surface area contributed by atoms with Crippen LogP contribution in [-0.4, -0.2) is 15.9 Å². The van der Waals surface area contributed by atoms with Gasteiger partial charge >= 0.3 is 0 Å². The van der Waals surface area contributed by atoms with Gasteiger partial charge in [-0.05, 0) is 40.9 Å². The number of aliphatic hydroxyl groups is 1. The molecule has 1 heterocycles. The van der Waals surface area contributed by atoms with Crippen LogP contribution in [0.25, 0.3) is 0 Å². The van der Waals surface area contributed by atoms with Crippen LogP contribution in [0.3, 0.4) is 0 Å². The molecule has 0 saturated carbocycles. The molecular weight excluding hydrogens is 392 g/mol. The number of halogens is 1. The van der Waals surface area contributed by atoms with Gasteiger partial charge in [0.2, 0.25) is 11.8 Å². The van der Waals surface area contributed by atoms with Crippen molar-refractivity contribution in [1.29, 1.82) is 0 Å². The quantitative estimate of drug-likeness (QED) is 0.212. The topological polar surface area (TPSA) is 53.5 Å². The molecule has 1 unspecified atom stereocenters. The summed E-state index contributed by atoms with van der Waals surface area (Å²) >= 11 is 11.5. The highest BCUT2D eigenvalue weighted by molar-refractivity contribution is 7.77. The van der Waals surface area contributed by atoms with Crippen molar-refractivity contribution >= 4 is 35.1 Å². The molecule has 4 nitrogen and oxygen atoms in total. The number of pyridine rings is 1. The van der Waals surface area contributed by atoms with E-state index in [1.807, 2.05) is 30.3 Å². The summed E-state index contributed by atoms with van der Waals surface area (Å²) < 4.78 is 1.69. The minimum atomic E-state index is -0.786. The van der Waals surface area contributed by atoms with Gasteiger partial charge in [-0.15, -0.1) is 0 Å². The Bertz CT molecular complexity index is 975. The Morgan fingerprint density at radius 2 is 1.71 bits per heavy atom. The first-order valence-electron chi connectivity index (χ1n) is 8.74. The second-order valence-corrected chi connectivity index (χ2v) is 7.09. The molecule has 28 heavy (non-hydrogen) atoms. The van der Waals surface area contributed by atoms with Gasteiger partial charge in [-0.1, -0.05) is 41.9 Å². The zero-order valence-electron chi connectivity index (χ0n) is 15.0. The maximum Gasteiger partial charge on any atom is 0.237 e. The first-order chi connectivity index (χ1) is 13.6. The van der Waals surface area contributed by atoms with Crippen LogP contribution >= 0.6 is 11.6 Å². The third-order valence-electron chi connectivity index (χ3n) is 4.24. The minimum Gasteiger partial charge on any atom is -0.758 e. The summed E-state index contributed by atoms with van der Waals surface area (Å²) in [6, 6.07) is 19.2. The number of aliphatic imine (C=N–C) groups is 1. The van der Waals surface area contributed by atoms with Crippen molar-refractivity contribution in [1.82, 2.24) is 0 Å². The second-order valence-electron chi connectivity index (χ2n) is 6.23. The molecule has 6 heteroatoms. The normalized spacial score (nSPS) is 12.6. The third kappa shape index (κ3) is 5.01. The van der Waals surface area contributed by atoms with E-state index in [-0.39, 0.29) is 17.4 Å². The van der Waals surface area contributed by atoms with Crippen LogP contribution in [0.2, 0.25) is 5.02 Å². The Balaban J connectivity index is 1.97. The standard InChI is InChI=1S/C22H19ClN2O2S/c23-19-10-8-18(9-11-19)21(27)20(25-12-4-7-17(14-25)15-26)22(28)24-13-16-5-2-1-3-6-16/h1-12,14,20,26H,13,15H2. The van der Waals surface area contributed by atoms with Crippen molar-refractivity contribution in [3.8, 4) is 0 Å². The van der Waals surface area contributed by atoms with E-state index < -0.39 is 6.04 Å². The fourth-order valence-electron chi connectivity index (χ4n) is 2.78. The Hall–Kier alpha value is -2.60. The zero-order chi connectivity index (χ0) is 19.9. The fourth-order valence-corrected chi connectivity index (χ4v) is 3.20. The molecule has 0 aliphatic carbocycles. The van der Waals surface area contributed by atoms with Crippen LogP contribution < -0.4 is 4.57 Å². The van der Waals surface area contributed by atoms with Gasteiger partial charge in [-0.3, -0.25) is 4.79 Å². The maximum absolute atomic E-state index is 13.2. The third-order valence-corrected chi connectivity index (χ3v) is 4.84. The van der Waals surface area contributed by atoms with Crippen LogP contribution in [0.4, 0.5) is 0 Å². The van der Waals surface area contributed by atoms with Crippen molar-refractivity contribution in [2.24, 2.45) is 4.99 Å². The molecule has 0 radical (unpaired) electrons. The number of rotatable bonds is 7. The lowest BCUT2D eigenvalue weighted by Gasteiger charge is -2.19. The van der Waals surface area contributed by atoms with Gasteiger partial charge in [-0.25, -0.2) is 0 Å². The van der Waals surface area contributed by atoms with Gasteiger partial charge < -0.3 is 22.7 Å². The van der Waals surface area contributed by atoms with Gasteiger partial charge in [-0.2, -0.15) is 4.57 Å². The lowest BCUT2D eigenvalue weighted by atomic mass is 10.0. The van der Waals surface area contributed by atoms with Crippen LogP contribution in [0.5, 0.6) is 0 Å². The van der Waals surface area contributed by atoms with Crippen molar-refractivity contribution in [3.05, 3.63) is 101 Å². The zero-order valence-corrected chi connectivity index (χ0v) is 16.6.